The third-order valence-electron chi connectivity index (χ3n) is 4.04. The molecule has 0 radical (unpaired) electrons. The molecule has 2 heteroatoms. The van der Waals surface area contributed by atoms with Crippen LogP contribution in [0.2, 0.25) is 0 Å². The van der Waals surface area contributed by atoms with Crippen LogP contribution >= 0.6 is 0 Å². The van der Waals surface area contributed by atoms with Gasteiger partial charge in [0.1, 0.15) is 0 Å². The number of hydrogen-bond donors (Lipinski definition) is 1. The highest BCUT2D eigenvalue weighted by Crippen LogP contribution is 2.20. The van der Waals surface area contributed by atoms with Crippen molar-refractivity contribution in [3.63, 3.8) is 0 Å². The summed E-state index contributed by atoms with van der Waals surface area (Å²) >= 11 is 0. The van der Waals surface area contributed by atoms with E-state index in [0.29, 0.717) is 0 Å². The molecule has 3 rings (SSSR count). The lowest BCUT2D eigenvalue weighted by molar-refractivity contribution is 0.708. The molecule has 0 aliphatic heterocycles. The van der Waals surface area contributed by atoms with Crippen LogP contribution in [-0.4, -0.2) is 4.98 Å². The third-order valence-corrected chi connectivity index (χ3v) is 4.04. The predicted molar refractivity (Wildman–Crippen MR) is 88.3 cm³/mol. The maximum atomic E-state index is 6.35. The van der Waals surface area contributed by atoms with Crippen LogP contribution in [0.25, 0.3) is 10.9 Å². The average Bonchev–Trinajstić information content (AvgIpc) is 2.50. The second-order valence-electron chi connectivity index (χ2n) is 5.65. The zero-order chi connectivity index (χ0) is 14.8. The Kier molecular flexibility index (Phi) is 3.72. The molecule has 0 fully saturated rings. The van der Waals surface area contributed by atoms with E-state index < -0.39 is 0 Å². The summed E-state index contributed by atoms with van der Waals surface area (Å²) in [6.07, 6.45) is 0.757. The van der Waals surface area contributed by atoms with Crippen molar-refractivity contribution in [2.45, 2.75) is 26.3 Å². The van der Waals surface area contributed by atoms with Gasteiger partial charge in [0.2, 0.25) is 0 Å². The Morgan fingerprint density at radius 1 is 0.952 bits per heavy atom. The number of nitrogens with zero attached hydrogens (tertiary/aromatic N) is 1. The summed E-state index contributed by atoms with van der Waals surface area (Å²) in [5.41, 5.74) is 12.2. The van der Waals surface area contributed by atoms with Crippen molar-refractivity contribution in [2.75, 3.05) is 0 Å². The molecular weight excluding hydrogens is 256 g/mol. The Hall–Kier alpha value is -2.19. The van der Waals surface area contributed by atoms with Gasteiger partial charge in [0.05, 0.1) is 5.52 Å². The highest BCUT2D eigenvalue weighted by molar-refractivity contribution is 5.78. The molecule has 2 aromatic carbocycles. The fraction of sp³-hybridized carbons (Fsp3) is 0.211. The quantitative estimate of drug-likeness (QED) is 0.782. The SMILES string of the molecule is Cc1ccc(C(N)Cc2ccc3ccccc3n2)cc1C. The van der Waals surface area contributed by atoms with E-state index in [1.165, 1.54) is 22.1 Å². The van der Waals surface area contributed by atoms with Crippen LogP contribution in [0, 0.1) is 13.8 Å². The molecule has 1 heterocycles. The van der Waals surface area contributed by atoms with Gasteiger partial charge in [0.25, 0.3) is 0 Å². The summed E-state index contributed by atoms with van der Waals surface area (Å²) in [5, 5.41) is 1.17. The standard InChI is InChI=1S/C19H20N2/c1-13-7-8-16(11-14(13)2)18(20)12-17-10-9-15-5-3-4-6-19(15)21-17/h3-11,18H,12,20H2,1-2H3. The molecule has 21 heavy (non-hydrogen) atoms. The molecule has 2 N–H and O–H groups in total. The highest BCUT2D eigenvalue weighted by Gasteiger charge is 2.09. The van der Waals surface area contributed by atoms with E-state index in [1.807, 2.05) is 18.2 Å². The first-order valence-corrected chi connectivity index (χ1v) is 7.31. The van der Waals surface area contributed by atoms with Crippen molar-refractivity contribution in [3.05, 3.63) is 77.0 Å². The fourth-order valence-electron chi connectivity index (χ4n) is 2.56. The lowest BCUT2D eigenvalue weighted by Crippen LogP contribution is -2.14. The van der Waals surface area contributed by atoms with Gasteiger partial charge in [0, 0.05) is 23.5 Å². The van der Waals surface area contributed by atoms with Crippen LogP contribution in [0.1, 0.15) is 28.4 Å². The monoisotopic (exact) mass is 276 g/mol. The molecule has 3 aromatic rings. The van der Waals surface area contributed by atoms with Gasteiger partial charge in [-0.1, -0.05) is 42.5 Å². The Balaban J connectivity index is 1.85. The number of hydrogen-bond acceptors (Lipinski definition) is 2. The van der Waals surface area contributed by atoms with Crippen molar-refractivity contribution < 1.29 is 0 Å². The Bertz CT molecular complexity index is 777. The number of nitrogens with two attached hydrogens (primary N) is 1. The van der Waals surface area contributed by atoms with Crippen molar-refractivity contribution in [2.24, 2.45) is 5.73 Å². The van der Waals surface area contributed by atoms with E-state index in [4.69, 9.17) is 10.7 Å². The number of benzene rings is 2. The van der Waals surface area contributed by atoms with E-state index in [0.717, 1.165) is 17.6 Å². The Morgan fingerprint density at radius 2 is 1.76 bits per heavy atom. The normalized spacial score (nSPS) is 12.5. The molecule has 0 saturated carbocycles. The maximum absolute atomic E-state index is 6.35. The minimum atomic E-state index is -0.0158. The molecule has 0 amide bonds. The number of para-hydroxylation sites is 1. The maximum Gasteiger partial charge on any atom is 0.0705 e. The molecule has 2 nitrogen and oxygen atoms in total. The lowest BCUT2D eigenvalue weighted by atomic mass is 9.98. The van der Waals surface area contributed by atoms with E-state index in [2.05, 4.69) is 50.2 Å². The predicted octanol–water partition coefficient (Wildman–Crippen LogP) is 4.09. The lowest BCUT2D eigenvalue weighted by Gasteiger charge is -2.14. The summed E-state index contributed by atoms with van der Waals surface area (Å²) < 4.78 is 0. The molecule has 0 aliphatic rings. The Labute approximate surface area is 125 Å². The van der Waals surface area contributed by atoms with E-state index >= 15 is 0 Å². The largest absolute Gasteiger partial charge is 0.324 e. The molecule has 0 aliphatic carbocycles. The van der Waals surface area contributed by atoms with Crippen molar-refractivity contribution in [3.8, 4) is 0 Å². The van der Waals surface area contributed by atoms with Gasteiger partial charge >= 0.3 is 0 Å². The molecule has 1 unspecified atom stereocenters. The first kappa shape index (κ1) is 13.8. The molecule has 0 saturated heterocycles. The van der Waals surface area contributed by atoms with Gasteiger partial charge in [-0.2, -0.15) is 0 Å². The summed E-state index contributed by atoms with van der Waals surface area (Å²) in [7, 11) is 0. The molecular formula is C19H20N2. The van der Waals surface area contributed by atoms with E-state index in [9.17, 15) is 0 Å². The van der Waals surface area contributed by atoms with Gasteiger partial charge in [-0.05, 0) is 42.7 Å². The summed E-state index contributed by atoms with van der Waals surface area (Å²) in [4.78, 5) is 4.70. The van der Waals surface area contributed by atoms with Crippen LogP contribution in [0.4, 0.5) is 0 Å². The smallest absolute Gasteiger partial charge is 0.0705 e. The average molecular weight is 276 g/mol. The van der Waals surface area contributed by atoms with Crippen LogP contribution < -0.4 is 5.73 Å². The van der Waals surface area contributed by atoms with Crippen molar-refractivity contribution >= 4 is 10.9 Å². The molecule has 106 valence electrons. The number of aryl methyl sites for hydroxylation is 2. The first-order valence-electron chi connectivity index (χ1n) is 7.31. The van der Waals surface area contributed by atoms with E-state index in [-0.39, 0.29) is 6.04 Å². The molecule has 1 aromatic heterocycles. The van der Waals surface area contributed by atoms with Crippen molar-refractivity contribution in [1.82, 2.24) is 4.98 Å². The molecule has 1 atom stereocenters. The van der Waals surface area contributed by atoms with Crippen LogP contribution in [0.5, 0.6) is 0 Å². The topological polar surface area (TPSA) is 38.9 Å². The molecule has 0 spiro atoms. The van der Waals surface area contributed by atoms with Gasteiger partial charge < -0.3 is 5.73 Å². The van der Waals surface area contributed by atoms with Crippen LogP contribution in [0.3, 0.4) is 0 Å². The zero-order valence-corrected chi connectivity index (χ0v) is 12.5. The third kappa shape index (κ3) is 2.96. The van der Waals surface area contributed by atoms with E-state index in [1.54, 1.807) is 0 Å². The Morgan fingerprint density at radius 3 is 2.57 bits per heavy atom. The van der Waals surface area contributed by atoms with Crippen LogP contribution in [-0.2, 0) is 6.42 Å². The number of aromatic nitrogens is 1. The van der Waals surface area contributed by atoms with Crippen LogP contribution in [0.15, 0.2) is 54.6 Å². The summed E-state index contributed by atoms with van der Waals surface area (Å²) in [6.45, 7) is 4.25. The summed E-state index contributed by atoms with van der Waals surface area (Å²) in [5.74, 6) is 0. The van der Waals surface area contributed by atoms with Gasteiger partial charge in [-0.25, -0.2) is 0 Å². The molecule has 0 bridgehead atoms. The second kappa shape index (κ2) is 5.66. The second-order valence-corrected chi connectivity index (χ2v) is 5.65. The minimum Gasteiger partial charge on any atom is -0.324 e. The van der Waals surface area contributed by atoms with Gasteiger partial charge in [0.15, 0.2) is 0 Å². The number of fused-ring (bicyclic) bond motifs is 1. The summed E-state index contributed by atoms with van der Waals surface area (Å²) in [6, 6.07) is 18.8. The zero-order valence-electron chi connectivity index (χ0n) is 12.5. The highest BCUT2D eigenvalue weighted by atomic mass is 14.7. The first-order chi connectivity index (χ1) is 10.1. The minimum absolute atomic E-state index is 0.0158. The van der Waals surface area contributed by atoms with Gasteiger partial charge in [-0.15, -0.1) is 0 Å². The van der Waals surface area contributed by atoms with Crippen molar-refractivity contribution in [1.29, 1.82) is 0 Å². The fourth-order valence-corrected chi connectivity index (χ4v) is 2.56. The van der Waals surface area contributed by atoms with Gasteiger partial charge in [-0.3, -0.25) is 4.98 Å². The number of rotatable bonds is 3. The number of pyridine rings is 1.